The lowest BCUT2D eigenvalue weighted by Crippen LogP contribution is -2.51. The number of nitrogens with one attached hydrogen (secondary N) is 2. The maximum Gasteiger partial charge on any atom is 0.321 e. The molecule has 2 aromatic carbocycles. The Hall–Kier alpha value is -3.32. The molecule has 0 spiro atoms. The zero-order valence-corrected chi connectivity index (χ0v) is 17.3. The van der Waals surface area contributed by atoms with Crippen LogP contribution in [0.15, 0.2) is 54.6 Å². The number of anilines is 1. The smallest absolute Gasteiger partial charge is 0.321 e. The van der Waals surface area contributed by atoms with E-state index in [1.165, 1.54) is 0 Å². The number of nitrogens with zero attached hydrogens (tertiary/aromatic N) is 3. The van der Waals surface area contributed by atoms with Gasteiger partial charge in [-0.2, -0.15) is 5.10 Å². The first-order valence-corrected chi connectivity index (χ1v) is 10.1. The number of hydrogen-bond donors (Lipinski definition) is 2. The van der Waals surface area contributed by atoms with Crippen molar-refractivity contribution in [2.45, 2.75) is 6.92 Å². The summed E-state index contributed by atoms with van der Waals surface area (Å²) in [5.74, 6) is -0.130. The summed E-state index contributed by atoms with van der Waals surface area (Å²) in [6.07, 6.45) is 0. The van der Waals surface area contributed by atoms with E-state index in [1.54, 1.807) is 28.0 Å². The van der Waals surface area contributed by atoms with Gasteiger partial charge in [-0.1, -0.05) is 35.9 Å². The van der Waals surface area contributed by atoms with Crippen LogP contribution >= 0.6 is 11.6 Å². The minimum absolute atomic E-state index is 0.130. The number of H-pyrrole nitrogens is 1. The first-order chi connectivity index (χ1) is 14.5. The largest absolute Gasteiger partial charge is 0.334 e. The van der Waals surface area contributed by atoms with E-state index >= 15 is 0 Å². The zero-order valence-electron chi connectivity index (χ0n) is 16.6. The van der Waals surface area contributed by atoms with Crippen LogP contribution < -0.4 is 5.32 Å². The fraction of sp³-hybridized carbons (Fsp3) is 0.227. The van der Waals surface area contributed by atoms with E-state index in [0.717, 1.165) is 16.8 Å². The third kappa shape index (κ3) is 4.46. The van der Waals surface area contributed by atoms with Gasteiger partial charge in [0.2, 0.25) is 0 Å². The van der Waals surface area contributed by atoms with Gasteiger partial charge in [0.1, 0.15) is 5.69 Å². The molecule has 3 amide bonds. The quantitative estimate of drug-likeness (QED) is 0.667. The molecule has 2 N–H and O–H groups in total. The van der Waals surface area contributed by atoms with Crippen molar-refractivity contribution in [3.63, 3.8) is 0 Å². The number of carbonyl (C=O) groups is 2. The Balaban J connectivity index is 1.35. The van der Waals surface area contributed by atoms with Crippen LogP contribution in [-0.2, 0) is 0 Å². The van der Waals surface area contributed by atoms with Crippen molar-refractivity contribution >= 4 is 29.2 Å². The predicted octanol–water partition coefficient (Wildman–Crippen LogP) is 4.03. The molecule has 4 rings (SSSR count). The lowest BCUT2D eigenvalue weighted by molar-refractivity contribution is 0.0666. The van der Waals surface area contributed by atoms with Gasteiger partial charge in [-0.3, -0.25) is 9.89 Å². The monoisotopic (exact) mass is 423 g/mol. The molecule has 7 nitrogen and oxygen atoms in total. The summed E-state index contributed by atoms with van der Waals surface area (Å²) in [4.78, 5) is 28.8. The summed E-state index contributed by atoms with van der Waals surface area (Å²) in [7, 11) is 0. The molecule has 0 unspecified atom stereocenters. The molecule has 3 aromatic rings. The van der Waals surface area contributed by atoms with Crippen LogP contribution in [0.4, 0.5) is 10.5 Å². The van der Waals surface area contributed by atoms with E-state index in [9.17, 15) is 9.59 Å². The van der Waals surface area contributed by atoms with Crippen LogP contribution in [0.3, 0.4) is 0 Å². The summed E-state index contributed by atoms with van der Waals surface area (Å²) < 4.78 is 0. The summed E-state index contributed by atoms with van der Waals surface area (Å²) in [6.45, 7) is 3.85. The Morgan fingerprint density at radius 3 is 2.47 bits per heavy atom. The SMILES string of the molecule is Cc1cccc(NC(=O)N2CCN(C(=O)c3cc(-c4cccc(Cl)c4)n[nH]3)CC2)c1. The van der Waals surface area contributed by atoms with E-state index in [1.807, 2.05) is 43.3 Å². The average Bonchev–Trinajstić information content (AvgIpc) is 3.24. The molecular formula is C22H22ClN5O2. The Morgan fingerprint density at radius 2 is 1.73 bits per heavy atom. The number of aromatic amines is 1. The molecule has 0 aliphatic carbocycles. The summed E-state index contributed by atoms with van der Waals surface area (Å²) in [5.41, 5.74) is 3.78. The van der Waals surface area contributed by atoms with Crippen LogP contribution in [0.5, 0.6) is 0 Å². The number of piperazine rings is 1. The van der Waals surface area contributed by atoms with Crippen LogP contribution in [0.1, 0.15) is 16.1 Å². The number of urea groups is 1. The van der Waals surface area contributed by atoms with Gasteiger partial charge < -0.3 is 15.1 Å². The van der Waals surface area contributed by atoms with Gasteiger partial charge in [-0.15, -0.1) is 0 Å². The van der Waals surface area contributed by atoms with Crippen molar-refractivity contribution in [2.24, 2.45) is 0 Å². The van der Waals surface area contributed by atoms with Crippen molar-refractivity contribution in [3.05, 3.63) is 70.9 Å². The number of aromatic nitrogens is 2. The van der Waals surface area contributed by atoms with Gasteiger partial charge in [-0.05, 0) is 42.8 Å². The summed E-state index contributed by atoms with van der Waals surface area (Å²) in [5, 5.41) is 10.6. The third-order valence-electron chi connectivity index (χ3n) is 5.05. The molecule has 0 bridgehead atoms. The van der Waals surface area contributed by atoms with Gasteiger partial charge in [0.15, 0.2) is 0 Å². The van der Waals surface area contributed by atoms with Crippen molar-refractivity contribution in [2.75, 3.05) is 31.5 Å². The van der Waals surface area contributed by atoms with Crippen molar-refractivity contribution in [3.8, 4) is 11.3 Å². The van der Waals surface area contributed by atoms with Crippen LogP contribution in [0.2, 0.25) is 5.02 Å². The Morgan fingerprint density at radius 1 is 1.00 bits per heavy atom. The van der Waals surface area contributed by atoms with Gasteiger partial charge >= 0.3 is 6.03 Å². The first kappa shape index (κ1) is 20.0. The standard InChI is InChI=1S/C22H22ClN5O2/c1-15-4-2-7-18(12-15)24-22(30)28-10-8-27(9-11-28)21(29)20-14-19(25-26-20)16-5-3-6-17(23)13-16/h2-7,12-14H,8-11H2,1H3,(H,24,30)(H,25,26). The number of amides is 3. The molecule has 0 radical (unpaired) electrons. The number of halogens is 1. The highest BCUT2D eigenvalue weighted by Gasteiger charge is 2.26. The van der Waals surface area contributed by atoms with Gasteiger partial charge in [0, 0.05) is 42.5 Å². The predicted molar refractivity (Wildman–Crippen MR) is 117 cm³/mol. The fourth-order valence-electron chi connectivity index (χ4n) is 3.44. The fourth-order valence-corrected chi connectivity index (χ4v) is 3.63. The maximum absolute atomic E-state index is 12.8. The van der Waals surface area contributed by atoms with Gasteiger partial charge in [0.25, 0.3) is 5.91 Å². The molecule has 0 atom stereocenters. The molecule has 1 aromatic heterocycles. The molecular weight excluding hydrogens is 402 g/mol. The van der Waals surface area contributed by atoms with Crippen LogP contribution in [0, 0.1) is 6.92 Å². The number of benzene rings is 2. The number of rotatable bonds is 3. The minimum Gasteiger partial charge on any atom is -0.334 e. The molecule has 30 heavy (non-hydrogen) atoms. The molecule has 1 saturated heterocycles. The zero-order chi connectivity index (χ0) is 21.1. The minimum atomic E-state index is -0.155. The normalized spacial score (nSPS) is 13.9. The van der Waals surface area contributed by atoms with Gasteiger partial charge in [0.05, 0.1) is 5.69 Å². The second-order valence-electron chi connectivity index (χ2n) is 7.26. The van der Waals surface area contributed by atoms with Crippen LogP contribution in [0.25, 0.3) is 11.3 Å². The highest BCUT2D eigenvalue weighted by molar-refractivity contribution is 6.30. The van der Waals surface area contributed by atoms with E-state index < -0.39 is 0 Å². The van der Waals surface area contributed by atoms with Crippen molar-refractivity contribution < 1.29 is 9.59 Å². The Bertz CT molecular complexity index is 1070. The lowest BCUT2D eigenvalue weighted by atomic mass is 10.1. The summed E-state index contributed by atoms with van der Waals surface area (Å²) in [6, 6.07) is 16.6. The van der Waals surface area contributed by atoms with E-state index in [-0.39, 0.29) is 11.9 Å². The molecule has 8 heteroatoms. The lowest BCUT2D eigenvalue weighted by Gasteiger charge is -2.34. The maximum atomic E-state index is 12.8. The third-order valence-corrected chi connectivity index (χ3v) is 5.29. The van der Waals surface area contributed by atoms with E-state index in [2.05, 4.69) is 15.5 Å². The van der Waals surface area contributed by atoms with E-state index in [4.69, 9.17) is 11.6 Å². The molecule has 2 heterocycles. The number of carbonyl (C=O) groups excluding carboxylic acids is 2. The van der Waals surface area contributed by atoms with Crippen LogP contribution in [-0.4, -0.2) is 58.1 Å². The van der Waals surface area contributed by atoms with Gasteiger partial charge in [-0.25, -0.2) is 4.79 Å². The highest BCUT2D eigenvalue weighted by Crippen LogP contribution is 2.22. The van der Waals surface area contributed by atoms with E-state index in [0.29, 0.717) is 42.6 Å². The number of hydrogen-bond acceptors (Lipinski definition) is 3. The second kappa shape index (κ2) is 8.59. The highest BCUT2D eigenvalue weighted by atomic mass is 35.5. The summed E-state index contributed by atoms with van der Waals surface area (Å²) >= 11 is 6.03. The van der Waals surface area contributed by atoms with Crippen molar-refractivity contribution in [1.29, 1.82) is 0 Å². The number of aryl methyl sites for hydroxylation is 1. The molecule has 1 aliphatic rings. The first-order valence-electron chi connectivity index (χ1n) is 9.73. The molecule has 1 fully saturated rings. The van der Waals surface area contributed by atoms with Crippen molar-refractivity contribution in [1.82, 2.24) is 20.0 Å². The molecule has 154 valence electrons. The second-order valence-corrected chi connectivity index (χ2v) is 7.69. The Kier molecular flexibility index (Phi) is 5.72. The molecule has 0 saturated carbocycles. The topological polar surface area (TPSA) is 81.3 Å². The Labute approximate surface area is 179 Å². The average molecular weight is 424 g/mol. The molecule has 1 aliphatic heterocycles.